The Bertz CT molecular complexity index is 856. The number of aromatic nitrogens is 2. The molecule has 0 aliphatic carbocycles. The van der Waals surface area contributed by atoms with E-state index in [2.05, 4.69) is 20.7 Å². The Kier molecular flexibility index (Phi) is 4.67. The number of carbonyl (C=O) groups excluding carboxylic acids is 1. The van der Waals surface area contributed by atoms with E-state index in [-0.39, 0.29) is 5.91 Å². The highest BCUT2D eigenvalue weighted by molar-refractivity contribution is 5.93. The molecule has 0 saturated carbocycles. The first-order chi connectivity index (χ1) is 11.7. The largest absolute Gasteiger partial charge is 0.457 e. The molecule has 0 atom stereocenters. The molecule has 1 aromatic heterocycles. The third kappa shape index (κ3) is 4.07. The van der Waals surface area contributed by atoms with Crippen LogP contribution in [0.1, 0.15) is 21.7 Å². The van der Waals surface area contributed by atoms with Gasteiger partial charge in [-0.15, -0.1) is 0 Å². The number of H-pyrrole nitrogens is 1. The summed E-state index contributed by atoms with van der Waals surface area (Å²) in [5.41, 5.74) is 4.36. The summed E-state index contributed by atoms with van der Waals surface area (Å²) in [6.45, 7) is 1.82. The number of nitrogens with zero attached hydrogens (tertiary/aromatic N) is 2. The topological polar surface area (TPSA) is 79.4 Å². The first-order valence-corrected chi connectivity index (χ1v) is 7.39. The Morgan fingerprint density at radius 1 is 1.12 bits per heavy atom. The van der Waals surface area contributed by atoms with Crippen LogP contribution in [-0.2, 0) is 0 Å². The average molecular weight is 320 g/mol. The van der Waals surface area contributed by atoms with E-state index in [0.29, 0.717) is 11.4 Å². The molecule has 0 bridgehead atoms. The third-order valence-corrected chi connectivity index (χ3v) is 3.16. The number of rotatable bonds is 5. The summed E-state index contributed by atoms with van der Waals surface area (Å²) in [4.78, 5) is 11.8. The lowest BCUT2D eigenvalue weighted by atomic mass is 10.2. The first kappa shape index (κ1) is 15.5. The number of hydrazone groups is 1. The Labute approximate surface area is 139 Å². The molecule has 24 heavy (non-hydrogen) atoms. The van der Waals surface area contributed by atoms with Crippen molar-refractivity contribution >= 4 is 12.1 Å². The van der Waals surface area contributed by atoms with Crippen LogP contribution in [0.4, 0.5) is 0 Å². The Morgan fingerprint density at radius 2 is 1.92 bits per heavy atom. The zero-order chi connectivity index (χ0) is 16.8. The fourth-order valence-corrected chi connectivity index (χ4v) is 2.04. The maximum absolute atomic E-state index is 11.8. The number of benzene rings is 2. The third-order valence-electron chi connectivity index (χ3n) is 3.16. The number of nitrogens with one attached hydrogen (secondary N) is 2. The normalized spacial score (nSPS) is 10.7. The van der Waals surface area contributed by atoms with Crippen molar-refractivity contribution in [2.75, 3.05) is 0 Å². The smallest absolute Gasteiger partial charge is 0.291 e. The van der Waals surface area contributed by atoms with Gasteiger partial charge in [-0.25, -0.2) is 5.43 Å². The molecule has 120 valence electrons. The lowest BCUT2D eigenvalue weighted by molar-refractivity contribution is 0.0950. The Morgan fingerprint density at radius 3 is 2.67 bits per heavy atom. The van der Waals surface area contributed by atoms with E-state index in [0.717, 1.165) is 17.0 Å². The molecular weight excluding hydrogens is 304 g/mol. The van der Waals surface area contributed by atoms with Crippen molar-refractivity contribution in [1.29, 1.82) is 0 Å². The van der Waals surface area contributed by atoms with E-state index in [9.17, 15) is 4.79 Å². The van der Waals surface area contributed by atoms with Crippen LogP contribution in [0.2, 0.25) is 0 Å². The van der Waals surface area contributed by atoms with Crippen molar-refractivity contribution in [3.8, 4) is 11.5 Å². The molecule has 1 amide bonds. The standard InChI is InChI=1S/C18H16N4O2/c1-13-10-17(21-20-13)18(23)22-19-12-14-6-5-9-16(11-14)24-15-7-3-2-4-8-15/h2-12H,1H3,(H,20,21)(H,22,23)/b19-12+. The predicted octanol–water partition coefficient (Wildman–Crippen LogP) is 3.27. The number of para-hydroxylation sites is 1. The monoisotopic (exact) mass is 320 g/mol. The maximum atomic E-state index is 11.8. The van der Waals surface area contributed by atoms with E-state index in [1.807, 2.05) is 61.5 Å². The van der Waals surface area contributed by atoms with E-state index >= 15 is 0 Å². The van der Waals surface area contributed by atoms with Crippen molar-refractivity contribution in [3.05, 3.63) is 77.6 Å². The summed E-state index contributed by atoms with van der Waals surface area (Å²) in [6, 6.07) is 18.6. The number of hydrogen-bond donors (Lipinski definition) is 2. The summed E-state index contributed by atoms with van der Waals surface area (Å²) < 4.78 is 5.76. The zero-order valence-corrected chi connectivity index (χ0v) is 13.1. The number of carbonyl (C=O) groups is 1. The molecule has 0 aliphatic heterocycles. The molecule has 0 saturated heterocycles. The van der Waals surface area contributed by atoms with Crippen LogP contribution in [0.5, 0.6) is 11.5 Å². The van der Waals surface area contributed by atoms with Crippen LogP contribution in [-0.4, -0.2) is 22.3 Å². The van der Waals surface area contributed by atoms with Gasteiger partial charge in [0, 0.05) is 5.69 Å². The second-order valence-corrected chi connectivity index (χ2v) is 5.12. The van der Waals surface area contributed by atoms with E-state index in [1.54, 1.807) is 12.3 Å². The molecule has 1 heterocycles. The highest BCUT2D eigenvalue weighted by atomic mass is 16.5. The second-order valence-electron chi connectivity index (χ2n) is 5.12. The van der Waals surface area contributed by atoms with Crippen molar-refractivity contribution in [1.82, 2.24) is 15.6 Å². The molecule has 0 fully saturated rings. The summed E-state index contributed by atoms with van der Waals surface area (Å²) in [5.74, 6) is 1.08. The van der Waals surface area contributed by atoms with Gasteiger partial charge in [-0.1, -0.05) is 30.3 Å². The molecule has 2 N–H and O–H groups in total. The molecular formula is C18H16N4O2. The number of amides is 1. The number of aromatic amines is 1. The SMILES string of the molecule is Cc1cc(C(=O)N/N=C/c2cccc(Oc3ccccc3)c2)n[nH]1. The van der Waals surface area contributed by atoms with E-state index in [4.69, 9.17) is 4.74 Å². The van der Waals surface area contributed by atoms with Gasteiger partial charge in [0.25, 0.3) is 5.91 Å². The Hall–Kier alpha value is -3.41. The van der Waals surface area contributed by atoms with Gasteiger partial charge in [0.1, 0.15) is 11.5 Å². The molecule has 3 rings (SSSR count). The molecule has 0 spiro atoms. The molecule has 6 heteroatoms. The summed E-state index contributed by atoms with van der Waals surface area (Å²) >= 11 is 0. The number of hydrogen-bond acceptors (Lipinski definition) is 4. The van der Waals surface area contributed by atoms with Crippen LogP contribution in [0.15, 0.2) is 65.8 Å². The number of ether oxygens (including phenoxy) is 1. The molecule has 2 aromatic carbocycles. The van der Waals surface area contributed by atoms with Crippen molar-refractivity contribution in [3.63, 3.8) is 0 Å². The lowest BCUT2D eigenvalue weighted by Crippen LogP contribution is -2.18. The summed E-state index contributed by atoms with van der Waals surface area (Å²) in [6.07, 6.45) is 1.55. The van der Waals surface area contributed by atoms with Gasteiger partial charge < -0.3 is 4.74 Å². The summed E-state index contributed by atoms with van der Waals surface area (Å²) in [5, 5.41) is 10.5. The van der Waals surface area contributed by atoms with Gasteiger partial charge in [0.15, 0.2) is 5.69 Å². The van der Waals surface area contributed by atoms with Gasteiger partial charge in [0.2, 0.25) is 0 Å². The fourth-order valence-electron chi connectivity index (χ4n) is 2.04. The molecule has 0 unspecified atom stereocenters. The highest BCUT2D eigenvalue weighted by Gasteiger charge is 2.07. The molecule has 0 radical (unpaired) electrons. The average Bonchev–Trinajstić information content (AvgIpc) is 3.03. The van der Waals surface area contributed by atoms with Gasteiger partial charge in [0.05, 0.1) is 6.21 Å². The van der Waals surface area contributed by atoms with E-state index < -0.39 is 0 Å². The van der Waals surface area contributed by atoms with Gasteiger partial charge in [-0.05, 0) is 42.8 Å². The van der Waals surface area contributed by atoms with E-state index in [1.165, 1.54) is 0 Å². The minimum atomic E-state index is -0.368. The van der Waals surface area contributed by atoms with Crippen LogP contribution < -0.4 is 10.2 Å². The highest BCUT2D eigenvalue weighted by Crippen LogP contribution is 2.21. The minimum absolute atomic E-state index is 0.297. The van der Waals surface area contributed by atoms with Crippen molar-refractivity contribution in [2.24, 2.45) is 5.10 Å². The number of aryl methyl sites for hydroxylation is 1. The molecule has 3 aromatic rings. The van der Waals surface area contributed by atoms with Crippen molar-refractivity contribution in [2.45, 2.75) is 6.92 Å². The van der Waals surface area contributed by atoms with Gasteiger partial charge >= 0.3 is 0 Å². The Balaban J connectivity index is 1.63. The predicted molar refractivity (Wildman–Crippen MR) is 91.3 cm³/mol. The lowest BCUT2D eigenvalue weighted by Gasteiger charge is -2.05. The van der Waals surface area contributed by atoms with Crippen LogP contribution >= 0.6 is 0 Å². The van der Waals surface area contributed by atoms with Gasteiger partial charge in [-0.3, -0.25) is 9.89 Å². The van der Waals surface area contributed by atoms with Crippen molar-refractivity contribution < 1.29 is 9.53 Å². The first-order valence-electron chi connectivity index (χ1n) is 7.39. The fraction of sp³-hybridized carbons (Fsp3) is 0.0556. The van der Waals surface area contributed by atoms with Crippen LogP contribution in [0.3, 0.4) is 0 Å². The molecule has 6 nitrogen and oxygen atoms in total. The zero-order valence-electron chi connectivity index (χ0n) is 13.1. The maximum Gasteiger partial charge on any atom is 0.291 e. The second kappa shape index (κ2) is 7.23. The minimum Gasteiger partial charge on any atom is -0.457 e. The van der Waals surface area contributed by atoms with Gasteiger partial charge in [-0.2, -0.15) is 10.2 Å². The van der Waals surface area contributed by atoms with Crippen LogP contribution in [0, 0.1) is 6.92 Å². The quantitative estimate of drug-likeness (QED) is 0.559. The molecule has 0 aliphatic rings. The van der Waals surface area contributed by atoms with Crippen LogP contribution in [0.25, 0.3) is 0 Å². The summed E-state index contributed by atoms with van der Waals surface area (Å²) in [7, 11) is 0.